The Bertz CT molecular complexity index is 712. The molecule has 0 spiro atoms. The van der Waals surface area contributed by atoms with Crippen molar-refractivity contribution in [2.75, 3.05) is 24.7 Å². The summed E-state index contributed by atoms with van der Waals surface area (Å²) in [6.07, 6.45) is 2.29. The van der Waals surface area contributed by atoms with E-state index in [4.69, 9.17) is 5.84 Å². The minimum atomic E-state index is 0.145. The molecule has 0 bridgehead atoms. The van der Waals surface area contributed by atoms with E-state index >= 15 is 0 Å². The van der Waals surface area contributed by atoms with Gasteiger partial charge in [-0.3, -0.25) is 4.79 Å². The first kappa shape index (κ1) is 16.8. The van der Waals surface area contributed by atoms with Crippen LogP contribution in [-0.4, -0.2) is 44.5 Å². The molecule has 1 fully saturated rings. The van der Waals surface area contributed by atoms with Gasteiger partial charge < -0.3 is 10.7 Å². The molecule has 1 amide bonds. The van der Waals surface area contributed by atoms with Crippen molar-refractivity contribution in [2.45, 2.75) is 31.8 Å². The van der Waals surface area contributed by atoms with Crippen molar-refractivity contribution in [2.24, 2.45) is 5.92 Å². The van der Waals surface area contributed by atoms with E-state index in [1.807, 2.05) is 36.1 Å². The fraction of sp³-hybridized carbons (Fsp3) is 0.471. The van der Waals surface area contributed by atoms with Crippen molar-refractivity contribution in [1.82, 2.24) is 19.8 Å². The van der Waals surface area contributed by atoms with Gasteiger partial charge in [-0.05, 0) is 25.7 Å². The van der Waals surface area contributed by atoms with Crippen LogP contribution in [0.15, 0.2) is 29.4 Å². The second-order valence-electron chi connectivity index (χ2n) is 6.42. The maximum Gasteiger partial charge on any atom is 0.233 e. The summed E-state index contributed by atoms with van der Waals surface area (Å²) < 4.78 is 1.46. The molecule has 7 heteroatoms. The highest BCUT2D eigenvalue weighted by Crippen LogP contribution is 2.23. The molecule has 3 rings (SSSR count). The molecular formula is C17H23N5OS. The molecule has 128 valence electrons. The fourth-order valence-electron chi connectivity index (χ4n) is 2.91. The van der Waals surface area contributed by atoms with Gasteiger partial charge >= 0.3 is 0 Å². The zero-order valence-electron chi connectivity index (χ0n) is 14.1. The molecule has 1 aromatic heterocycles. The Hall–Kier alpha value is -2.02. The summed E-state index contributed by atoms with van der Waals surface area (Å²) in [5.74, 6) is 7.78. The van der Waals surface area contributed by atoms with Crippen LogP contribution in [0.3, 0.4) is 0 Å². The number of hydrogen-bond donors (Lipinski definition) is 1. The molecule has 0 radical (unpaired) electrons. The molecule has 0 saturated carbocycles. The lowest BCUT2D eigenvalue weighted by atomic mass is 10.0. The van der Waals surface area contributed by atoms with Crippen molar-refractivity contribution in [3.05, 3.63) is 29.8 Å². The second-order valence-corrected chi connectivity index (χ2v) is 7.36. The number of nitrogens with zero attached hydrogens (tertiary/aromatic N) is 4. The average Bonchev–Trinajstić information content (AvgIpc) is 2.94. The average molecular weight is 345 g/mol. The van der Waals surface area contributed by atoms with E-state index in [1.54, 1.807) is 0 Å². The molecule has 2 heterocycles. The van der Waals surface area contributed by atoms with Gasteiger partial charge in [-0.15, -0.1) is 10.2 Å². The largest absolute Gasteiger partial charge is 0.342 e. The molecule has 1 aliphatic heterocycles. The number of carbonyl (C=O) groups is 1. The van der Waals surface area contributed by atoms with Crippen molar-refractivity contribution in [1.29, 1.82) is 0 Å². The van der Waals surface area contributed by atoms with Gasteiger partial charge in [0, 0.05) is 18.7 Å². The zero-order chi connectivity index (χ0) is 17.1. The number of hydrogen-bond acceptors (Lipinski definition) is 5. The van der Waals surface area contributed by atoms with Crippen molar-refractivity contribution in [3.63, 3.8) is 0 Å². The quantitative estimate of drug-likeness (QED) is 0.680. The summed E-state index contributed by atoms with van der Waals surface area (Å²) in [5.41, 5.74) is 2.09. The number of rotatable bonds is 4. The van der Waals surface area contributed by atoms with Crippen LogP contribution in [0.4, 0.5) is 0 Å². The van der Waals surface area contributed by atoms with Gasteiger partial charge in [-0.25, -0.2) is 4.68 Å². The predicted octanol–water partition coefficient (Wildman–Crippen LogP) is 2.32. The van der Waals surface area contributed by atoms with Crippen molar-refractivity contribution >= 4 is 17.7 Å². The first-order valence-corrected chi connectivity index (χ1v) is 9.21. The van der Waals surface area contributed by atoms with E-state index in [0.717, 1.165) is 25.1 Å². The highest BCUT2D eigenvalue weighted by Gasteiger charge is 2.22. The summed E-state index contributed by atoms with van der Waals surface area (Å²) in [6, 6.07) is 7.96. The van der Waals surface area contributed by atoms with Gasteiger partial charge in [0.15, 0.2) is 5.82 Å². The lowest BCUT2D eigenvalue weighted by Crippen LogP contribution is -2.40. The second kappa shape index (κ2) is 7.25. The Morgan fingerprint density at radius 2 is 2.08 bits per heavy atom. The van der Waals surface area contributed by atoms with Gasteiger partial charge in [0.2, 0.25) is 11.1 Å². The third kappa shape index (κ3) is 3.72. The predicted molar refractivity (Wildman–Crippen MR) is 96.0 cm³/mol. The van der Waals surface area contributed by atoms with E-state index in [-0.39, 0.29) is 5.91 Å². The van der Waals surface area contributed by atoms with Crippen LogP contribution in [-0.2, 0) is 4.79 Å². The summed E-state index contributed by atoms with van der Waals surface area (Å²) >= 11 is 1.34. The Morgan fingerprint density at radius 1 is 1.33 bits per heavy atom. The number of piperidine rings is 1. The Kier molecular flexibility index (Phi) is 5.08. The van der Waals surface area contributed by atoms with Crippen LogP contribution in [0.1, 0.15) is 25.3 Å². The van der Waals surface area contributed by atoms with E-state index < -0.39 is 0 Å². The molecule has 0 aliphatic carbocycles. The number of benzene rings is 1. The maximum atomic E-state index is 12.3. The molecule has 1 aliphatic rings. The van der Waals surface area contributed by atoms with Gasteiger partial charge in [0.05, 0.1) is 5.75 Å². The molecule has 1 aromatic carbocycles. The Morgan fingerprint density at radius 3 is 2.79 bits per heavy atom. The molecule has 0 unspecified atom stereocenters. The molecule has 2 N–H and O–H groups in total. The van der Waals surface area contributed by atoms with Crippen LogP contribution in [0, 0.1) is 12.8 Å². The topological polar surface area (TPSA) is 77.0 Å². The number of aromatic nitrogens is 3. The number of thioether (sulfide) groups is 1. The van der Waals surface area contributed by atoms with Crippen LogP contribution in [0.5, 0.6) is 0 Å². The van der Waals surface area contributed by atoms with E-state index in [2.05, 4.69) is 17.1 Å². The van der Waals surface area contributed by atoms with Crippen molar-refractivity contribution in [3.8, 4) is 11.4 Å². The monoisotopic (exact) mass is 345 g/mol. The van der Waals surface area contributed by atoms with Gasteiger partial charge in [-0.1, -0.05) is 48.5 Å². The smallest absolute Gasteiger partial charge is 0.233 e. The Labute approximate surface area is 146 Å². The summed E-state index contributed by atoms with van der Waals surface area (Å²) in [6.45, 7) is 5.93. The number of aryl methyl sites for hydroxylation is 1. The van der Waals surface area contributed by atoms with E-state index in [9.17, 15) is 4.79 Å². The van der Waals surface area contributed by atoms with Gasteiger partial charge in [0.25, 0.3) is 0 Å². The normalized spacial score (nSPS) is 17.9. The first-order valence-electron chi connectivity index (χ1n) is 8.22. The number of likely N-dealkylation sites (tertiary alicyclic amines) is 1. The minimum Gasteiger partial charge on any atom is -0.342 e. The molecule has 1 saturated heterocycles. The number of nitrogen functional groups attached to an aromatic ring is 1. The highest BCUT2D eigenvalue weighted by molar-refractivity contribution is 7.99. The first-order chi connectivity index (χ1) is 11.5. The third-order valence-corrected chi connectivity index (χ3v) is 5.24. The summed E-state index contributed by atoms with van der Waals surface area (Å²) in [4.78, 5) is 14.3. The maximum absolute atomic E-state index is 12.3. The fourth-order valence-corrected chi connectivity index (χ4v) is 3.67. The van der Waals surface area contributed by atoms with Crippen LogP contribution >= 0.6 is 11.8 Å². The van der Waals surface area contributed by atoms with Crippen LogP contribution < -0.4 is 5.84 Å². The standard InChI is InChI=1S/C17H23N5OS/c1-12-5-7-14(8-6-12)16-19-20-17(22(16)18)24-11-15(23)21-9-3-4-13(2)10-21/h5-8,13H,3-4,9-11,18H2,1-2H3/t13-/m0/s1. The number of amides is 1. The van der Waals surface area contributed by atoms with E-state index in [1.165, 1.54) is 28.4 Å². The zero-order valence-corrected chi connectivity index (χ0v) is 14.9. The molecule has 2 aromatic rings. The third-order valence-electron chi connectivity index (χ3n) is 4.31. The minimum absolute atomic E-state index is 0.145. The number of nitrogens with two attached hydrogens (primary N) is 1. The summed E-state index contributed by atoms with van der Waals surface area (Å²) in [5, 5.41) is 8.85. The van der Waals surface area contributed by atoms with Crippen LogP contribution in [0.2, 0.25) is 0 Å². The highest BCUT2D eigenvalue weighted by atomic mass is 32.2. The van der Waals surface area contributed by atoms with Crippen molar-refractivity contribution < 1.29 is 4.79 Å². The lowest BCUT2D eigenvalue weighted by molar-refractivity contribution is -0.130. The van der Waals surface area contributed by atoms with Crippen LogP contribution in [0.25, 0.3) is 11.4 Å². The molecule has 1 atom stereocenters. The van der Waals surface area contributed by atoms with Gasteiger partial charge in [0.1, 0.15) is 0 Å². The van der Waals surface area contributed by atoms with Gasteiger partial charge in [-0.2, -0.15) is 0 Å². The number of carbonyl (C=O) groups excluding carboxylic acids is 1. The molecular weight excluding hydrogens is 322 g/mol. The Balaban J connectivity index is 1.64. The lowest BCUT2D eigenvalue weighted by Gasteiger charge is -2.30. The molecule has 6 nitrogen and oxygen atoms in total. The SMILES string of the molecule is Cc1ccc(-c2nnc(SCC(=O)N3CCC[C@H](C)C3)n2N)cc1. The van der Waals surface area contributed by atoms with E-state index in [0.29, 0.717) is 22.7 Å². The summed E-state index contributed by atoms with van der Waals surface area (Å²) in [7, 11) is 0. The molecule has 24 heavy (non-hydrogen) atoms.